The van der Waals surface area contributed by atoms with Crippen LogP contribution in [0.3, 0.4) is 0 Å². The molecule has 4 N–H and O–H groups in total. The van der Waals surface area contributed by atoms with Crippen molar-refractivity contribution < 1.29 is 34.4 Å². The number of nitrogens with one attached hydrogen (secondary N) is 1. The van der Waals surface area contributed by atoms with E-state index in [4.69, 9.17) is 14.6 Å². The SMILES string of the molecule is CN(C)c1ccc2c(c1)OC1=CC(N(C)C)C=CC1=C2c1cc(C(=O)NCCCOCC(O)CO)ccc1C(=O)O. The number of aliphatic hydroxyl groups excluding tert-OH is 2. The van der Waals surface area contributed by atoms with Crippen LogP contribution in [0.4, 0.5) is 5.69 Å². The smallest absolute Gasteiger partial charge is 0.336 e. The van der Waals surface area contributed by atoms with Crippen LogP contribution in [-0.4, -0.2) is 98.8 Å². The van der Waals surface area contributed by atoms with Crippen LogP contribution in [0.25, 0.3) is 5.57 Å². The van der Waals surface area contributed by atoms with Gasteiger partial charge in [0.05, 0.1) is 18.8 Å². The lowest BCUT2D eigenvalue weighted by molar-refractivity contribution is 0.00580. The van der Waals surface area contributed by atoms with Crippen molar-refractivity contribution in [2.24, 2.45) is 0 Å². The number of carboxylic acid groups (broad SMARTS) is 1. The van der Waals surface area contributed by atoms with Crippen LogP contribution in [0.1, 0.15) is 38.3 Å². The predicted octanol–water partition coefficient (Wildman–Crippen LogP) is 2.52. The maximum Gasteiger partial charge on any atom is 0.336 e. The third-order valence-corrected chi connectivity index (χ3v) is 6.94. The number of carbonyl (C=O) groups is 2. The summed E-state index contributed by atoms with van der Waals surface area (Å²) in [6.45, 7) is 0.269. The Hall–Kier alpha value is -3.96. The van der Waals surface area contributed by atoms with Gasteiger partial charge in [-0.3, -0.25) is 9.69 Å². The zero-order valence-electron chi connectivity index (χ0n) is 23.8. The molecule has 4 rings (SSSR count). The standard InChI is InChI=1S/C31H37N3O7/c1-33(2)20-7-10-24-27(15-20)41-28-16-21(34(3)4)8-11-25(28)29(24)26-14-19(6-9-23(26)31(38)39)30(37)32-12-5-13-40-18-22(36)17-35/h6-11,14-16,20,22,35-36H,5,12-13,17-18H2,1-4H3,(H,32,37)(H,38,39). The molecule has 0 spiro atoms. The fourth-order valence-corrected chi connectivity index (χ4v) is 4.66. The number of fused-ring (bicyclic) bond motifs is 2. The van der Waals surface area contributed by atoms with Crippen LogP contribution in [0.2, 0.25) is 0 Å². The number of benzene rings is 2. The van der Waals surface area contributed by atoms with Gasteiger partial charge in [0.25, 0.3) is 5.91 Å². The molecular formula is C31H37N3O7. The fourth-order valence-electron chi connectivity index (χ4n) is 4.66. The monoisotopic (exact) mass is 563 g/mol. The predicted molar refractivity (Wildman–Crippen MR) is 156 cm³/mol. The summed E-state index contributed by atoms with van der Waals surface area (Å²) in [5, 5.41) is 31.2. The summed E-state index contributed by atoms with van der Waals surface area (Å²) in [4.78, 5) is 29.5. The molecule has 2 atom stereocenters. The summed E-state index contributed by atoms with van der Waals surface area (Å²) < 4.78 is 11.7. The van der Waals surface area contributed by atoms with Gasteiger partial charge in [0, 0.05) is 67.3 Å². The molecule has 1 heterocycles. The molecule has 1 amide bonds. The Bertz CT molecular complexity index is 1390. The van der Waals surface area contributed by atoms with Gasteiger partial charge in [-0.1, -0.05) is 12.2 Å². The molecule has 0 saturated heterocycles. The molecule has 0 radical (unpaired) electrons. The topological polar surface area (TPSA) is 132 Å². The van der Waals surface area contributed by atoms with Crippen molar-refractivity contribution in [1.29, 1.82) is 0 Å². The van der Waals surface area contributed by atoms with Gasteiger partial charge in [-0.2, -0.15) is 0 Å². The minimum absolute atomic E-state index is 0.000482. The highest BCUT2D eigenvalue weighted by Gasteiger charge is 2.30. The van der Waals surface area contributed by atoms with Crippen molar-refractivity contribution in [1.82, 2.24) is 10.2 Å². The van der Waals surface area contributed by atoms with E-state index in [1.807, 2.05) is 74.4 Å². The largest absolute Gasteiger partial charge is 0.478 e. The first-order valence-electron chi connectivity index (χ1n) is 13.4. The van der Waals surface area contributed by atoms with E-state index >= 15 is 0 Å². The zero-order chi connectivity index (χ0) is 29.7. The van der Waals surface area contributed by atoms with Crippen LogP contribution in [0, 0.1) is 0 Å². The van der Waals surface area contributed by atoms with E-state index in [2.05, 4.69) is 5.32 Å². The number of likely N-dealkylation sites (N-methyl/N-ethyl adjacent to an activating group) is 1. The number of nitrogens with zero attached hydrogens (tertiary/aromatic N) is 2. The molecule has 41 heavy (non-hydrogen) atoms. The second kappa shape index (κ2) is 13.1. The zero-order valence-corrected chi connectivity index (χ0v) is 23.8. The van der Waals surface area contributed by atoms with Gasteiger partial charge in [-0.15, -0.1) is 0 Å². The molecule has 0 aromatic heterocycles. The molecular weight excluding hydrogens is 526 g/mol. The van der Waals surface area contributed by atoms with Gasteiger partial charge in [0.2, 0.25) is 0 Å². The molecule has 0 bridgehead atoms. The lowest BCUT2D eigenvalue weighted by Gasteiger charge is -2.31. The number of carboxylic acids is 1. The van der Waals surface area contributed by atoms with Crippen molar-refractivity contribution in [3.8, 4) is 5.75 Å². The van der Waals surface area contributed by atoms with E-state index in [-0.39, 0.29) is 30.7 Å². The van der Waals surface area contributed by atoms with Gasteiger partial charge in [0.1, 0.15) is 17.6 Å². The van der Waals surface area contributed by atoms with E-state index in [9.17, 15) is 19.8 Å². The molecule has 10 nitrogen and oxygen atoms in total. The van der Waals surface area contributed by atoms with E-state index in [0.717, 1.165) is 16.8 Å². The number of hydrogen-bond donors (Lipinski definition) is 4. The summed E-state index contributed by atoms with van der Waals surface area (Å²) >= 11 is 0. The lowest BCUT2D eigenvalue weighted by Crippen LogP contribution is -2.28. The fraction of sp³-hybridized carbons (Fsp3) is 0.355. The highest BCUT2D eigenvalue weighted by Crippen LogP contribution is 2.45. The Labute approximate surface area is 239 Å². The van der Waals surface area contributed by atoms with E-state index in [0.29, 0.717) is 47.8 Å². The molecule has 2 unspecified atom stereocenters. The summed E-state index contributed by atoms with van der Waals surface area (Å²) in [5.74, 6) is -0.215. The molecule has 1 aliphatic heterocycles. The Morgan fingerprint density at radius 2 is 1.88 bits per heavy atom. The molecule has 218 valence electrons. The number of ether oxygens (including phenoxy) is 2. The molecule has 2 aromatic carbocycles. The van der Waals surface area contributed by atoms with Crippen LogP contribution < -0.4 is 15.0 Å². The first-order chi connectivity index (χ1) is 19.6. The van der Waals surface area contributed by atoms with E-state index in [1.54, 1.807) is 6.07 Å². The molecule has 2 aromatic rings. The number of aromatic carboxylic acids is 1. The summed E-state index contributed by atoms with van der Waals surface area (Å²) in [5.41, 5.74) is 3.91. The van der Waals surface area contributed by atoms with Crippen molar-refractivity contribution >= 4 is 23.1 Å². The Morgan fingerprint density at radius 3 is 2.56 bits per heavy atom. The lowest BCUT2D eigenvalue weighted by atomic mass is 9.84. The average molecular weight is 564 g/mol. The number of carbonyl (C=O) groups excluding carboxylic acids is 1. The number of allylic oxidation sites excluding steroid dienone is 1. The quantitative estimate of drug-likeness (QED) is 0.288. The second-order valence-electron chi connectivity index (χ2n) is 10.4. The summed E-state index contributed by atoms with van der Waals surface area (Å²) in [6.07, 6.45) is 5.55. The minimum atomic E-state index is -1.10. The van der Waals surface area contributed by atoms with Gasteiger partial charge in [-0.05, 0) is 62.5 Å². The summed E-state index contributed by atoms with van der Waals surface area (Å²) in [7, 11) is 7.81. The number of anilines is 1. The Kier molecular flexibility index (Phi) is 9.61. The molecule has 2 aliphatic rings. The van der Waals surface area contributed by atoms with Crippen molar-refractivity contribution in [2.75, 3.05) is 59.5 Å². The minimum Gasteiger partial charge on any atom is -0.478 e. The van der Waals surface area contributed by atoms with Crippen molar-refractivity contribution in [2.45, 2.75) is 18.6 Å². The first kappa shape index (κ1) is 30.0. The van der Waals surface area contributed by atoms with Crippen molar-refractivity contribution in [3.05, 3.63) is 88.2 Å². The van der Waals surface area contributed by atoms with Gasteiger partial charge >= 0.3 is 5.97 Å². The summed E-state index contributed by atoms with van der Waals surface area (Å²) in [6, 6.07) is 10.4. The second-order valence-corrected chi connectivity index (χ2v) is 10.4. The highest BCUT2D eigenvalue weighted by molar-refractivity contribution is 6.03. The van der Waals surface area contributed by atoms with Crippen LogP contribution in [-0.2, 0) is 4.74 Å². The van der Waals surface area contributed by atoms with Crippen LogP contribution >= 0.6 is 0 Å². The Morgan fingerprint density at radius 1 is 1.10 bits per heavy atom. The molecule has 0 saturated carbocycles. The maximum absolute atomic E-state index is 13.1. The van der Waals surface area contributed by atoms with Crippen LogP contribution in [0.15, 0.2) is 66.0 Å². The Balaban J connectivity index is 1.71. The average Bonchev–Trinajstić information content (AvgIpc) is 2.96. The highest BCUT2D eigenvalue weighted by atomic mass is 16.5. The van der Waals surface area contributed by atoms with Gasteiger partial charge < -0.3 is 35.0 Å². The van der Waals surface area contributed by atoms with E-state index < -0.39 is 12.1 Å². The first-order valence-corrected chi connectivity index (χ1v) is 13.4. The number of rotatable bonds is 12. The number of hydrogen-bond acceptors (Lipinski definition) is 8. The number of amides is 1. The van der Waals surface area contributed by atoms with Crippen LogP contribution in [0.5, 0.6) is 5.75 Å². The van der Waals surface area contributed by atoms with Gasteiger partial charge in [0.15, 0.2) is 0 Å². The third-order valence-electron chi connectivity index (χ3n) is 6.94. The molecule has 10 heteroatoms. The van der Waals surface area contributed by atoms with E-state index in [1.165, 1.54) is 12.1 Å². The normalized spacial score (nSPS) is 16.5. The van der Waals surface area contributed by atoms with Crippen molar-refractivity contribution in [3.63, 3.8) is 0 Å². The molecule has 0 fully saturated rings. The third kappa shape index (κ3) is 6.86. The number of aliphatic hydroxyl groups is 2. The maximum atomic E-state index is 13.1. The van der Waals surface area contributed by atoms with Gasteiger partial charge in [-0.25, -0.2) is 4.79 Å². The molecule has 1 aliphatic carbocycles.